The van der Waals surface area contributed by atoms with Crippen molar-refractivity contribution in [3.05, 3.63) is 107 Å². The van der Waals surface area contributed by atoms with Crippen LogP contribution < -0.4 is 22.1 Å². The number of nitrogens with two attached hydrogens (primary N) is 2. The van der Waals surface area contributed by atoms with Gasteiger partial charge in [-0.1, -0.05) is 84.9 Å². The second-order valence-electron chi connectivity index (χ2n) is 7.03. The summed E-state index contributed by atoms with van der Waals surface area (Å²) in [7, 11) is 0. The maximum absolute atomic E-state index is 12.2. The lowest BCUT2D eigenvalue weighted by Gasteiger charge is -2.14. The van der Waals surface area contributed by atoms with Crippen LogP contribution in [-0.2, 0) is 22.7 Å². The lowest BCUT2D eigenvalue weighted by molar-refractivity contribution is -0.123. The molecule has 3 aromatic rings. The van der Waals surface area contributed by atoms with Crippen molar-refractivity contribution in [1.29, 1.82) is 0 Å². The molecule has 2 amide bonds. The zero-order valence-corrected chi connectivity index (χ0v) is 19.1. The van der Waals surface area contributed by atoms with Crippen LogP contribution in [0.5, 0.6) is 0 Å². The van der Waals surface area contributed by atoms with Crippen LogP contribution in [0, 0.1) is 0 Å². The molecule has 0 saturated heterocycles. The van der Waals surface area contributed by atoms with Gasteiger partial charge in [-0.2, -0.15) is 0 Å². The normalized spacial score (nSPS) is 11.8. The number of halogens is 2. The van der Waals surface area contributed by atoms with Crippen molar-refractivity contribution in [3.8, 4) is 0 Å². The first-order chi connectivity index (χ1) is 14.5. The van der Waals surface area contributed by atoms with Crippen molar-refractivity contribution < 1.29 is 9.59 Å². The molecule has 0 unspecified atom stereocenters. The van der Waals surface area contributed by atoms with Crippen molar-refractivity contribution >= 4 is 36.6 Å². The molecule has 0 aliphatic heterocycles. The molecule has 3 rings (SSSR count). The predicted molar refractivity (Wildman–Crippen MR) is 131 cm³/mol. The van der Waals surface area contributed by atoms with E-state index in [1.165, 1.54) is 0 Å². The number of amides is 2. The molecule has 0 saturated carbocycles. The maximum atomic E-state index is 12.2. The van der Waals surface area contributed by atoms with Crippen LogP contribution in [0.2, 0.25) is 0 Å². The molecule has 6 nitrogen and oxygen atoms in total. The third-order valence-electron chi connectivity index (χ3n) is 4.84. The SMILES string of the molecule is Cl.Cl.N[C@H](C(=O)NCc1ccc(CNC(=O)[C@@H](N)c2ccccc2)cc1)c1ccccc1. The van der Waals surface area contributed by atoms with E-state index in [4.69, 9.17) is 11.5 Å². The lowest BCUT2D eigenvalue weighted by Crippen LogP contribution is -2.34. The molecule has 0 aromatic heterocycles. The second-order valence-corrected chi connectivity index (χ2v) is 7.03. The third-order valence-corrected chi connectivity index (χ3v) is 4.84. The zero-order valence-electron chi connectivity index (χ0n) is 17.4. The minimum absolute atomic E-state index is 0. The van der Waals surface area contributed by atoms with E-state index in [2.05, 4.69) is 10.6 Å². The molecular weight excluding hydrogens is 447 g/mol. The Labute approximate surface area is 200 Å². The summed E-state index contributed by atoms with van der Waals surface area (Å²) in [5.74, 6) is -0.458. The molecule has 32 heavy (non-hydrogen) atoms. The fourth-order valence-corrected chi connectivity index (χ4v) is 3.00. The van der Waals surface area contributed by atoms with Crippen molar-refractivity contribution in [2.45, 2.75) is 25.2 Å². The number of carbonyl (C=O) groups excluding carboxylic acids is 2. The predicted octanol–water partition coefficient (Wildman–Crippen LogP) is 3.16. The van der Waals surface area contributed by atoms with Gasteiger partial charge in [0.25, 0.3) is 0 Å². The summed E-state index contributed by atoms with van der Waals surface area (Å²) in [6.45, 7) is 0.760. The van der Waals surface area contributed by atoms with Crippen LogP contribution in [0.4, 0.5) is 0 Å². The summed E-state index contributed by atoms with van der Waals surface area (Å²) in [6.07, 6.45) is 0. The van der Waals surface area contributed by atoms with Crippen molar-refractivity contribution in [3.63, 3.8) is 0 Å². The Morgan fingerprint density at radius 2 is 0.906 bits per heavy atom. The fraction of sp³-hybridized carbons (Fsp3) is 0.167. The fourth-order valence-electron chi connectivity index (χ4n) is 3.00. The van der Waals surface area contributed by atoms with Crippen LogP contribution in [-0.4, -0.2) is 11.8 Å². The summed E-state index contributed by atoms with van der Waals surface area (Å²) >= 11 is 0. The third kappa shape index (κ3) is 7.66. The molecular formula is C24H28Cl2N4O2. The molecule has 0 fully saturated rings. The van der Waals surface area contributed by atoms with Gasteiger partial charge in [0.05, 0.1) is 0 Å². The van der Waals surface area contributed by atoms with Crippen molar-refractivity contribution in [2.75, 3.05) is 0 Å². The van der Waals surface area contributed by atoms with Crippen molar-refractivity contribution in [2.24, 2.45) is 11.5 Å². The highest BCUT2D eigenvalue weighted by molar-refractivity contribution is 5.85. The molecule has 0 bridgehead atoms. The van der Waals surface area contributed by atoms with Crippen molar-refractivity contribution in [1.82, 2.24) is 10.6 Å². The Bertz CT molecular complexity index is 890. The molecule has 0 heterocycles. The van der Waals surface area contributed by atoms with E-state index in [-0.39, 0.29) is 36.6 Å². The molecule has 0 aliphatic rings. The highest BCUT2D eigenvalue weighted by Gasteiger charge is 2.16. The van der Waals surface area contributed by atoms with Gasteiger partial charge in [0, 0.05) is 13.1 Å². The summed E-state index contributed by atoms with van der Waals surface area (Å²) in [6, 6.07) is 24.7. The minimum atomic E-state index is -0.700. The average Bonchev–Trinajstić information content (AvgIpc) is 2.81. The topological polar surface area (TPSA) is 110 Å². The van der Waals surface area contributed by atoms with E-state index >= 15 is 0 Å². The first-order valence-corrected chi connectivity index (χ1v) is 9.79. The molecule has 8 heteroatoms. The number of benzene rings is 3. The lowest BCUT2D eigenvalue weighted by atomic mass is 10.1. The molecule has 0 radical (unpaired) electrons. The summed E-state index contributed by atoms with van der Waals surface area (Å²) < 4.78 is 0. The molecule has 2 atom stereocenters. The maximum Gasteiger partial charge on any atom is 0.241 e. The number of hydrogen-bond acceptors (Lipinski definition) is 4. The smallest absolute Gasteiger partial charge is 0.241 e. The monoisotopic (exact) mass is 474 g/mol. The number of nitrogens with one attached hydrogen (secondary N) is 2. The molecule has 6 N–H and O–H groups in total. The van der Waals surface area contributed by atoms with E-state index < -0.39 is 12.1 Å². The van der Waals surface area contributed by atoms with E-state index in [1.54, 1.807) is 0 Å². The molecule has 3 aromatic carbocycles. The Morgan fingerprint density at radius 3 is 1.22 bits per heavy atom. The van der Waals surface area contributed by atoms with E-state index in [0.29, 0.717) is 13.1 Å². The van der Waals surface area contributed by atoms with Crippen LogP contribution in [0.3, 0.4) is 0 Å². The average molecular weight is 475 g/mol. The second kappa shape index (κ2) is 13.5. The van der Waals surface area contributed by atoms with Gasteiger partial charge in [-0.25, -0.2) is 0 Å². The van der Waals surface area contributed by atoms with Crippen LogP contribution in [0.15, 0.2) is 84.9 Å². The van der Waals surface area contributed by atoms with E-state index in [0.717, 1.165) is 22.3 Å². The van der Waals surface area contributed by atoms with Gasteiger partial charge in [0.1, 0.15) is 12.1 Å². The standard InChI is InChI=1S/C24H26N4O2.2ClH/c25-21(19-7-3-1-4-8-19)23(29)27-15-17-11-13-18(14-12-17)16-28-24(30)22(26)20-9-5-2-6-10-20;;/h1-14,21-22H,15-16,25-26H2,(H,27,29)(H,28,30);2*1H/t21-,22-;;/m0../s1. The van der Waals surface area contributed by atoms with Crippen LogP contribution in [0.25, 0.3) is 0 Å². The Morgan fingerprint density at radius 1 is 0.594 bits per heavy atom. The first kappa shape index (κ1) is 27.1. The van der Waals surface area contributed by atoms with Gasteiger partial charge >= 0.3 is 0 Å². The Hall–Kier alpha value is -2.90. The van der Waals surface area contributed by atoms with Crippen LogP contribution >= 0.6 is 24.8 Å². The molecule has 0 spiro atoms. The number of carbonyl (C=O) groups is 2. The van der Waals surface area contributed by atoms with E-state index in [9.17, 15) is 9.59 Å². The Kier molecular flexibility index (Phi) is 11.4. The van der Waals surface area contributed by atoms with E-state index in [1.807, 2.05) is 84.9 Å². The highest BCUT2D eigenvalue weighted by atomic mass is 35.5. The van der Waals surface area contributed by atoms with Gasteiger partial charge in [-0.3, -0.25) is 9.59 Å². The molecule has 0 aliphatic carbocycles. The minimum Gasteiger partial charge on any atom is -0.350 e. The van der Waals surface area contributed by atoms with Gasteiger partial charge < -0.3 is 22.1 Å². The largest absolute Gasteiger partial charge is 0.350 e. The summed E-state index contributed by atoms with van der Waals surface area (Å²) in [4.78, 5) is 24.5. The van der Waals surface area contributed by atoms with Gasteiger partial charge in [0.2, 0.25) is 11.8 Å². The molecule has 170 valence electrons. The first-order valence-electron chi connectivity index (χ1n) is 9.79. The quantitative estimate of drug-likeness (QED) is 0.401. The van der Waals surface area contributed by atoms with Gasteiger partial charge in [-0.05, 0) is 22.3 Å². The number of hydrogen-bond donors (Lipinski definition) is 4. The summed E-state index contributed by atoms with van der Waals surface area (Å²) in [5, 5.41) is 5.70. The number of rotatable bonds is 8. The van der Waals surface area contributed by atoms with Crippen LogP contribution in [0.1, 0.15) is 34.3 Å². The zero-order chi connectivity index (χ0) is 21.3. The Balaban J connectivity index is 0.00000256. The van der Waals surface area contributed by atoms with Gasteiger partial charge in [0.15, 0.2) is 0 Å². The summed E-state index contributed by atoms with van der Waals surface area (Å²) in [5.41, 5.74) is 15.4. The van der Waals surface area contributed by atoms with Gasteiger partial charge in [-0.15, -0.1) is 24.8 Å². The highest BCUT2D eigenvalue weighted by Crippen LogP contribution is 2.12.